The van der Waals surface area contributed by atoms with Crippen molar-refractivity contribution in [2.24, 2.45) is 5.29 Å². The number of nitroso groups, excluding NO2 is 1. The van der Waals surface area contributed by atoms with E-state index >= 15 is 0 Å². The van der Waals surface area contributed by atoms with Gasteiger partial charge in [0.2, 0.25) is 0 Å². The Morgan fingerprint density at radius 3 is 1.19 bits per heavy atom. The summed E-state index contributed by atoms with van der Waals surface area (Å²) >= 11 is 0. The van der Waals surface area contributed by atoms with Gasteiger partial charge in [-0.05, 0) is 0 Å². The Morgan fingerprint density at radius 2 is 1.05 bits per heavy atom. The van der Waals surface area contributed by atoms with Crippen LogP contribution in [-0.4, -0.2) is 49.1 Å². The van der Waals surface area contributed by atoms with Crippen LogP contribution in [0.4, 0.5) is 0 Å². The van der Waals surface area contributed by atoms with Crippen molar-refractivity contribution in [3.63, 3.8) is 0 Å². The van der Waals surface area contributed by atoms with Crippen LogP contribution in [0.5, 0.6) is 0 Å². The Bertz CT molecular complexity index is 423. The molecule has 15 heteroatoms. The van der Waals surface area contributed by atoms with E-state index in [1.165, 1.54) is 0 Å². The highest BCUT2D eigenvalue weighted by molar-refractivity contribution is 4.71. The summed E-state index contributed by atoms with van der Waals surface area (Å²) < 4.78 is 0. The molecular weight excluding hydrogens is 300 g/mol. The maximum absolute atomic E-state index is 10.7. The predicted octanol–water partition coefficient (Wildman–Crippen LogP) is -0.491. The van der Waals surface area contributed by atoms with Crippen LogP contribution >= 0.6 is 0 Å². The molecule has 0 atom stereocenters. The fourth-order valence-electron chi connectivity index (χ4n) is 1.17. The summed E-state index contributed by atoms with van der Waals surface area (Å²) in [6.45, 7) is -1.46. The first-order chi connectivity index (χ1) is 9.41. The zero-order valence-electron chi connectivity index (χ0n) is 10.8. The van der Waals surface area contributed by atoms with Crippen molar-refractivity contribution in [1.29, 1.82) is 0 Å². The molecule has 0 amide bonds. The molecule has 0 rings (SSSR count). The largest absolute Gasteiger partial charge is 0.474 e. The Hall–Kier alpha value is -3.00. The van der Waals surface area contributed by atoms with Gasteiger partial charge in [0.05, 0.1) is 19.1 Å². The van der Waals surface area contributed by atoms with E-state index in [-0.39, 0.29) is 5.01 Å². The summed E-state index contributed by atoms with van der Waals surface area (Å²) in [5, 5.41) is 44.9. The Kier molecular flexibility index (Phi) is 5.12. The molecular formula is C6H10N6O9. The van der Waals surface area contributed by atoms with E-state index in [0.29, 0.717) is 13.8 Å². The van der Waals surface area contributed by atoms with Crippen molar-refractivity contribution in [2.75, 3.05) is 13.1 Å². The van der Waals surface area contributed by atoms with Gasteiger partial charge in [-0.1, -0.05) is 0 Å². The van der Waals surface area contributed by atoms with Crippen LogP contribution in [0.15, 0.2) is 5.29 Å². The van der Waals surface area contributed by atoms with Gasteiger partial charge < -0.3 is 0 Å². The molecule has 0 fully saturated rings. The van der Waals surface area contributed by atoms with Gasteiger partial charge in [0.25, 0.3) is 0 Å². The number of hydrogen-bond acceptors (Lipinski definition) is 10. The zero-order valence-corrected chi connectivity index (χ0v) is 10.8. The molecule has 0 radical (unpaired) electrons. The molecule has 0 N–H and O–H groups in total. The predicted molar refractivity (Wildman–Crippen MR) is 62.2 cm³/mol. The molecule has 15 nitrogen and oxygen atoms in total. The first-order valence-corrected chi connectivity index (χ1v) is 5.08. The van der Waals surface area contributed by atoms with Gasteiger partial charge in [0.1, 0.15) is 19.7 Å². The lowest BCUT2D eigenvalue weighted by Crippen LogP contribution is -2.56. The highest BCUT2D eigenvalue weighted by atomic mass is 16.7. The molecule has 0 unspecified atom stereocenters. The van der Waals surface area contributed by atoms with Crippen LogP contribution in [0.3, 0.4) is 0 Å². The summed E-state index contributed by atoms with van der Waals surface area (Å²) in [7, 11) is 0. The average molecular weight is 310 g/mol. The standard InChI is InChI=1S/C6H10N6O9/c1-5(9(14)15,10(16)17)3-8(7-13)4-6(2,11(18)19)12(20)21/h3-4H2,1-2H3. The normalized spacial score (nSPS) is 11.5. The highest BCUT2D eigenvalue weighted by Crippen LogP contribution is 2.17. The molecule has 0 saturated heterocycles. The maximum Gasteiger partial charge on any atom is 0.474 e. The second-order valence-electron chi connectivity index (χ2n) is 4.37. The van der Waals surface area contributed by atoms with E-state index < -0.39 is 44.1 Å². The highest BCUT2D eigenvalue weighted by Gasteiger charge is 2.57. The monoisotopic (exact) mass is 310 g/mol. The second-order valence-corrected chi connectivity index (χ2v) is 4.37. The van der Waals surface area contributed by atoms with Gasteiger partial charge in [0.15, 0.2) is 13.1 Å². The molecule has 118 valence electrons. The van der Waals surface area contributed by atoms with E-state index in [9.17, 15) is 45.4 Å². The molecule has 0 spiro atoms. The lowest BCUT2D eigenvalue weighted by atomic mass is 10.2. The van der Waals surface area contributed by atoms with Crippen molar-refractivity contribution in [3.05, 3.63) is 45.4 Å². The van der Waals surface area contributed by atoms with Crippen molar-refractivity contribution >= 4 is 0 Å². The molecule has 21 heavy (non-hydrogen) atoms. The van der Waals surface area contributed by atoms with E-state index in [4.69, 9.17) is 0 Å². The number of hydrogen-bond donors (Lipinski definition) is 0. The number of nitro groups is 4. The van der Waals surface area contributed by atoms with Crippen LogP contribution in [0.1, 0.15) is 13.8 Å². The number of rotatable bonds is 9. The summed E-state index contributed by atoms with van der Waals surface area (Å²) in [6.07, 6.45) is 0. The molecule has 0 aliphatic carbocycles. The van der Waals surface area contributed by atoms with Crippen LogP contribution < -0.4 is 0 Å². The van der Waals surface area contributed by atoms with Crippen molar-refractivity contribution in [3.8, 4) is 0 Å². The second kappa shape index (κ2) is 5.97. The number of nitrogens with zero attached hydrogens (tertiary/aromatic N) is 6. The quantitative estimate of drug-likeness (QED) is 0.231. The van der Waals surface area contributed by atoms with Crippen molar-refractivity contribution < 1.29 is 19.7 Å². The Balaban J connectivity index is 5.42. The van der Waals surface area contributed by atoms with E-state index in [0.717, 1.165) is 0 Å². The molecule has 0 saturated carbocycles. The van der Waals surface area contributed by atoms with E-state index in [2.05, 4.69) is 5.29 Å². The smallest absolute Gasteiger partial charge is 0.258 e. The topological polar surface area (TPSA) is 205 Å². The zero-order chi connectivity index (χ0) is 17.0. The van der Waals surface area contributed by atoms with Gasteiger partial charge in [-0.15, -0.1) is 4.91 Å². The van der Waals surface area contributed by atoms with Crippen LogP contribution in [-0.2, 0) is 0 Å². The molecule has 0 heterocycles. The van der Waals surface area contributed by atoms with Crippen molar-refractivity contribution in [2.45, 2.75) is 25.2 Å². The van der Waals surface area contributed by atoms with Gasteiger partial charge in [-0.3, -0.25) is 40.5 Å². The first kappa shape index (κ1) is 18.0. The SMILES string of the molecule is CC(CN(CC(C)([N+](=O)[O-])[N+](=O)[O-])N=O)([N+](=O)[O-])[N+](=O)[O-]. The van der Waals surface area contributed by atoms with Gasteiger partial charge in [-0.2, -0.15) is 0 Å². The van der Waals surface area contributed by atoms with Crippen LogP contribution in [0.25, 0.3) is 0 Å². The molecule has 0 aromatic rings. The lowest BCUT2D eigenvalue weighted by molar-refractivity contribution is -0.798. The van der Waals surface area contributed by atoms with Gasteiger partial charge in [0, 0.05) is 0 Å². The Morgan fingerprint density at radius 1 is 0.810 bits per heavy atom. The molecule has 0 aliphatic heterocycles. The maximum atomic E-state index is 10.7. The molecule has 0 aromatic carbocycles. The minimum Gasteiger partial charge on any atom is -0.258 e. The van der Waals surface area contributed by atoms with Crippen molar-refractivity contribution in [1.82, 2.24) is 5.01 Å². The summed E-state index contributed by atoms with van der Waals surface area (Å²) in [6, 6.07) is 0. The van der Waals surface area contributed by atoms with Gasteiger partial charge in [-0.25, -0.2) is 5.01 Å². The average Bonchev–Trinajstić information content (AvgIpc) is 2.36. The Labute approximate surface area is 115 Å². The van der Waals surface area contributed by atoms with Crippen LogP contribution in [0, 0.1) is 45.4 Å². The van der Waals surface area contributed by atoms with Crippen LogP contribution in [0.2, 0.25) is 0 Å². The third kappa shape index (κ3) is 3.51. The van der Waals surface area contributed by atoms with E-state index in [1.807, 2.05) is 0 Å². The summed E-state index contributed by atoms with van der Waals surface area (Å²) in [4.78, 5) is 47.9. The molecule has 0 bridgehead atoms. The molecule has 0 aromatic heterocycles. The van der Waals surface area contributed by atoms with E-state index in [1.54, 1.807) is 0 Å². The molecule has 0 aliphatic rings. The minimum atomic E-state index is -2.90. The minimum absolute atomic E-state index is 0.0111. The summed E-state index contributed by atoms with van der Waals surface area (Å²) in [5.74, 6) is 0. The first-order valence-electron chi connectivity index (χ1n) is 5.08. The van der Waals surface area contributed by atoms with Gasteiger partial charge >= 0.3 is 11.3 Å². The fourth-order valence-corrected chi connectivity index (χ4v) is 1.17. The fraction of sp³-hybridized carbons (Fsp3) is 1.00. The third-order valence-corrected chi connectivity index (χ3v) is 2.65. The summed E-state index contributed by atoms with van der Waals surface area (Å²) in [5.41, 5.74) is -5.80. The lowest BCUT2D eigenvalue weighted by Gasteiger charge is -2.21. The third-order valence-electron chi connectivity index (χ3n) is 2.65.